The average Bonchev–Trinajstić information content (AvgIpc) is 2.68. The van der Waals surface area contributed by atoms with E-state index in [0.717, 1.165) is 24.2 Å². The molecule has 1 aromatic carbocycles. The van der Waals surface area contributed by atoms with Gasteiger partial charge in [-0.3, -0.25) is 4.79 Å². The monoisotopic (exact) mass is 273 g/mol. The van der Waals surface area contributed by atoms with Crippen molar-refractivity contribution < 1.29 is 9.53 Å². The standard InChI is InChI=1S/C17H23NO2/c1-3-20-16-6-4-5-12(11-16)17(19)13-9-14-7-8-15(10-13)18(14)2/h4-6,11,13-15H,3,7-10H2,1-2H3. The number of carbonyl (C=O) groups is 1. The summed E-state index contributed by atoms with van der Waals surface area (Å²) in [6, 6.07) is 8.87. The topological polar surface area (TPSA) is 29.5 Å². The molecule has 3 rings (SSSR count). The van der Waals surface area contributed by atoms with Crippen molar-refractivity contribution in [2.45, 2.75) is 44.7 Å². The van der Waals surface area contributed by atoms with Gasteiger partial charge in [0.15, 0.2) is 5.78 Å². The summed E-state index contributed by atoms with van der Waals surface area (Å²) in [5.74, 6) is 1.30. The Balaban J connectivity index is 1.74. The molecule has 108 valence electrons. The van der Waals surface area contributed by atoms with Crippen molar-refractivity contribution in [1.29, 1.82) is 0 Å². The van der Waals surface area contributed by atoms with Crippen LogP contribution in [0.5, 0.6) is 5.75 Å². The average molecular weight is 273 g/mol. The third-order valence-corrected chi connectivity index (χ3v) is 4.90. The smallest absolute Gasteiger partial charge is 0.166 e. The highest BCUT2D eigenvalue weighted by molar-refractivity contribution is 5.98. The van der Waals surface area contributed by atoms with Gasteiger partial charge in [-0.05, 0) is 51.8 Å². The van der Waals surface area contributed by atoms with Crippen LogP contribution in [0.3, 0.4) is 0 Å². The van der Waals surface area contributed by atoms with Crippen LogP contribution in [0, 0.1) is 5.92 Å². The summed E-state index contributed by atoms with van der Waals surface area (Å²) in [5.41, 5.74) is 0.810. The van der Waals surface area contributed by atoms with E-state index in [0.29, 0.717) is 24.5 Å². The lowest BCUT2D eigenvalue weighted by Gasteiger charge is -2.35. The first kappa shape index (κ1) is 13.6. The summed E-state index contributed by atoms with van der Waals surface area (Å²) in [6.45, 7) is 2.60. The molecular formula is C17H23NO2. The van der Waals surface area contributed by atoms with E-state index < -0.39 is 0 Å². The second-order valence-electron chi connectivity index (χ2n) is 6.04. The normalized spacial score (nSPS) is 29.4. The molecule has 1 aromatic rings. The molecule has 2 unspecified atom stereocenters. The van der Waals surface area contributed by atoms with Crippen LogP contribution in [0.1, 0.15) is 43.0 Å². The van der Waals surface area contributed by atoms with Gasteiger partial charge in [-0.2, -0.15) is 0 Å². The molecular weight excluding hydrogens is 250 g/mol. The summed E-state index contributed by atoms with van der Waals surface area (Å²) in [6.07, 6.45) is 4.54. The van der Waals surface area contributed by atoms with Gasteiger partial charge in [-0.15, -0.1) is 0 Å². The lowest BCUT2D eigenvalue weighted by atomic mass is 9.85. The number of ketones is 1. The third-order valence-electron chi connectivity index (χ3n) is 4.90. The molecule has 2 heterocycles. The van der Waals surface area contributed by atoms with Crippen LogP contribution in [0.25, 0.3) is 0 Å². The van der Waals surface area contributed by atoms with Crippen LogP contribution in [0.2, 0.25) is 0 Å². The Kier molecular flexibility index (Phi) is 3.79. The highest BCUT2D eigenvalue weighted by Crippen LogP contribution is 2.38. The molecule has 2 aliphatic rings. The number of piperidine rings is 1. The van der Waals surface area contributed by atoms with Crippen molar-refractivity contribution in [1.82, 2.24) is 4.90 Å². The molecule has 20 heavy (non-hydrogen) atoms. The predicted molar refractivity (Wildman–Crippen MR) is 79.2 cm³/mol. The highest BCUT2D eigenvalue weighted by Gasteiger charge is 2.40. The number of fused-ring (bicyclic) bond motifs is 2. The Hall–Kier alpha value is -1.35. The Labute approximate surface area is 120 Å². The van der Waals surface area contributed by atoms with Crippen molar-refractivity contribution in [3.05, 3.63) is 29.8 Å². The highest BCUT2D eigenvalue weighted by atomic mass is 16.5. The molecule has 2 aliphatic heterocycles. The predicted octanol–water partition coefficient (Wildman–Crippen LogP) is 3.14. The lowest BCUT2D eigenvalue weighted by Crippen LogP contribution is -2.42. The van der Waals surface area contributed by atoms with Crippen molar-refractivity contribution >= 4 is 5.78 Å². The maximum atomic E-state index is 12.7. The Morgan fingerprint density at radius 3 is 2.65 bits per heavy atom. The van der Waals surface area contributed by atoms with Crippen molar-refractivity contribution in [2.24, 2.45) is 5.92 Å². The molecule has 0 amide bonds. The molecule has 3 nitrogen and oxygen atoms in total. The van der Waals surface area contributed by atoms with Crippen LogP contribution in [0.4, 0.5) is 0 Å². The molecule has 0 N–H and O–H groups in total. The lowest BCUT2D eigenvalue weighted by molar-refractivity contribution is 0.0766. The molecule has 2 fully saturated rings. The molecule has 3 heteroatoms. The van der Waals surface area contributed by atoms with Crippen LogP contribution in [-0.2, 0) is 0 Å². The fourth-order valence-electron chi connectivity index (χ4n) is 3.77. The maximum Gasteiger partial charge on any atom is 0.166 e. The summed E-state index contributed by atoms with van der Waals surface area (Å²) < 4.78 is 5.50. The van der Waals surface area contributed by atoms with E-state index >= 15 is 0 Å². The summed E-state index contributed by atoms with van der Waals surface area (Å²) >= 11 is 0. The summed E-state index contributed by atoms with van der Waals surface area (Å²) in [7, 11) is 2.21. The van der Waals surface area contributed by atoms with Gasteiger partial charge in [-0.1, -0.05) is 12.1 Å². The van der Waals surface area contributed by atoms with Gasteiger partial charge >= 0.3 is 0 Å². The molecule has 2 saturated heterocycles. The summed E-state index contributed by atoms with van der Waals surface area (Å²) in [4.78, 5) is 15.2. The molecule has 2 atom stereocenters. The maximum absolute atomic E-state index is 12.7. The molecule has 0 radical (unpaired) electrons. The zero-order valence-corrected chi connectivity index (χ0v) is 12.3. The van der Waals surface area contributed by atoms with Crippen LogP contribution >= 0.6 is 0 Å². The molecule has 2 bridgehead atoms. The van der Waals surface area contributed by atoms with E-state index in [1.807, 2.05) is 31.2 Å². The molecule has 0 spiro atoms. The van der Waals surface area contributed by atoms with E-state index in [1.165, 1.54) is 12.8 Å². The Bertz CT molecular complexity index is 486. The number of Topliss-reactive ketones (excluding diaryl/α,β-unsaturated/α-hetero) is 1. The van der Waals surface area contributed by atoms with Gasteiger partial charge in [0.25, 0.3) is 0 Å². The summed E-state index contributed by atoms with van der Waals surface area (Å²) in [5, 5.41) is 0. The first-order valence-electron chi connectivity index (χ1n) is 7.68. The number of rotatable bonds is 4. The van der Waals surface area contributed by atoms with Gasteiger partial charge in [0, 0.05) is 23.6 Å². The minimum absolute atomic E-state index is 0.195. The van der Waals surface area contributed by atoms with Gasteiger partial charge in [-0.25, -0.2) is 0 Å². The van der Waals surface area contributed by atoms with Crippen LogP contribution < -0.4 is 4.74 Å². The van der Waals surface area contributed by atoms with E-state index in [9.17, 15) is 4.79 Å². The first-order valence-corrected chi connectivity index (χ1v) is 7.68. The second kappa shape index (κ2) is 5.57. The van der Waals surface area contributed by atoms with Gasteiger partial charge in [0.05, 0.1) is 6.61 Å². The van der Waals surface area contributed by atoms with E-state index in [-0.39, 0.29) is 5.92 Å². The number of benzene rings is 1. The second-order valence-corrected chi connectivity index (χ2v) is 6.04. The zero-order chi connectivity index (χ0) is 14.1. The Morgan fingerprint density at radius 1 is 1.30 bits per heavy atom. The van der Waals surface area contributed by atoms with Crippen molar-refractivity contribution in [3.8, 4) is 5.75 Å². The number of hydrogen-bond donors (Lipinski definition) is 0. The molecule has 0 aromatic heterocycles. The number of hydrogen-bond acceptors (Lipinski definition) is 3. The zero-order valence-electron chi connectivity index (χ0n) is 12.3. The van der Waals surface area contributed by atoms with Gasteiger partial charge in [0.2, 0.25) is 0 Å². The number of ether oxygens (including phenoxy) is 1. The SMILES string of the molecule is CCOc1cccc(C(=O)C2CC3CCC(C2)N3C)c1. The minimum Gasteiger partial charge on any atom is -0.494 e. The van der Waals surface area contributed by atoms with Crippen LogP contribution in [-0.4, -0.2) is 36.4 Å². The van der Waals surface area contributed by atoms with Gasteiger partial charge in [0.1, 0.15) is 5.75 Å². The van der Waals surface area contributed by atoms with E-state index in [2.05, 4.69) is 11.9 Å². The first-order chi connectivity index (χ1) is 9.69. The van der Waals surface area contributed by atoms with Gasteiger partial charge < -0.3 is 9.64 Å². The molecule has 0 aliphatic carbocycles. The minimum atomic E-state index is 0.195. The van der Waals surface area contributed by atoms with Crippen molar-refractivity contribution in [3.63, 3.8) is 0 Å². The van der Waals surface area contributed by atoms with E-state index in [4.69, 9.17) is 4.74 Å². The quantitative estimate of drug-likeness (QED) is 0.789. The van der Waals surface area contributed by atoms with E-state index in [1.54, 1.807) is 0 Å². The Morgan fingerprint density at radius 2 is 2.00 bits per heavy atom. The van der Waals surface area contributed by atoms with Crippen LogP contribution in [0.15, 0.2) is 24.3 Å². The van der Waals surface area contributed by atoms with Crippen molar-refractivity contribution in [2.75, 3.05) is 13.7 Å². The number of nitrogens with zero attached hydrogens (tertiary/aromatic N) is 1. The largest absolute Gasteiger partial charge is 0.494 e. The fourth-order valence-corrected chi connectivity index (χ4v) is 3.77. The fraction of sp³-hybridized carbons (Fsp3) is 0.588. The molecule has 0 saturated carbocycles. The third kappa shape index (κ3) is 2.47. The number of carbonyl (C=O) groups excluding carboxylic acids is 1.